The second-order valence-corrected chi connectivity index (χ2v) is 2.62. The number of rotatable bonds is 4. The molecule has 4 nitrogen and oxygen atoms in total. The third-order valence-electron chi connectivity index (χ3n) is 1.31. The van der Waals surface area contributed by atoms with Crippen LogP contribution in [0.15, 0.2) is 24.2 Å². The van der Waals surface area contributed by atoms with Gasteiger partial charge in [0.2, 0.25) is 5.91 Å². The number of hydrogen-bond acceptors (Lipinski definition) is 3. The highest BCUT2D eigenvalue weighted by Gasteiger charge is 2.05. The molecule has 1 N–H and O–H groups in total. The van der Waals surface area contributed by atoms with Gasteiger partial charge in [0.1, 0.15) is 0 Å². The normalized spacial score (nSPS) is 10.8. The SMILES string of the molecule is C=C(OCC)C(O)=CC(=O)N(C)C. The van der Waals surface area contributed by atoms with Gasteiger partial charge in [0.05, 0.1) is 6.61 Å². The summed E-state index contributed by atoms with van der Waals surface area (Å²) in [4.78, 5) is 12.4. The van der Waals surface area contributed by atoms with Crippen LogP contribution in [-0.4, -0.2) is 36.6 Å². The average Bonchev–Trinajstić information content (AvgIpc) is 2.04. The molecule has 0 fully saturated rings. The number of aliphatic hydroxyl groups is 1. The highest BCUT2D eigenvalue weighted by Crippen LogP contribution is 2.05. The number of nitrogens with zero attached hydrogens (tertiary/aromatic N) is 1. The molecule has 0 bridgehead atoms. The molecule has 0 aliphatic heterocycles. The fourth-order valence-corrected chi connectivity index (χ4v) is 0.575. The molecule has 0 aliphatic carbocycles. The summed E-state index contributed by atoms with van der Waals surface area (Å²) in [6.45, 7) is 5.63. The van der Waals surface area contributed by atoms with Crippen LogP contribution in [0.3, 0.4) is 0 Å². The van der Waals surface area contributed by atoms with E-state index in [1.54, 1.807) is 21.0 Å². The second kappa shape index (κ2) is 5.24. The summed E-state index contributed by atoms with van der Waals surface area (Å²) in [6.07, 6.45) is 1.07. The Morgan fingerprint density at radius 1 is 1.62 bits per heavy atom. The van der Waals surface area contributed by atoms with Crippen LogP contribution >= 0.6 is 0 Å². The molecule has 0 unspecified atom stereocenters. The van der Waals surface area contributed by atoms with Crippen molar-refractivity contribution < 1.29 is 14.6 Å². The van der Waals surface area contributed by atoms with Gasteiger partial charge in [0, 0.05) is 20.2 Å². The van der Waals surface area contributed by atoms with Crippen molar-refractivity contribution in [3.8, 4) is 0 Å². The number of likely N-dealkylation sites (N-methyl/N-ethyl adjacent to an activating group) is 1. The second-order valence-electron chi connectivity index (χ2n) is 2.62. The Kier molecular flexibility index (Phi) is 4.66. The van der Waals surface area contributed by atoms with Crippen LogP contribution in [0.25, 0.3) is 0 Å². The minimum atomic E-state index is -0.307. The van der Waals surface area contributed by atoms with Gasteiger partial charge in [0.25, 0.3) is 0 Å². The van der Waals surface area contributed by atoms with Gasteiger partial charge >= 0.3 is 0 Å². The van der Waals surface area contributed by atoms with Crippen molar-refractivity contribution in [2.45, 2.75) is 6.92 Å². The van der Waals surface area contributed by atoms with E-state index in [-0.39, 0.29) is 17.4 Å². The topological polar surface area (TPSA) is 49.8 Å². The van der Waals surface area contributed by atoms with E-state index in [9.17, 15) is 9.90 Å². The maximum atomic E-state index is 11.1. The van der Waals surface area contributed by atoms with Gasteiger partial charge in [-0.05, 0) is 6.92 Å². The van der Waals surface area contributed by atoms with Crippen LogP contribution in [0.2, 0.25) is 0 Å². The Balaban J connectivity index is 4.31. The molecule has 0 saturated carbocycles. The van der Waals surface area contributed by atoms with Crippen LogP contribution in [0.4, 0.5) is 0 Å². The first-order valence-corrected chi connectivity index (χ1v) is 3.93. The zero-order chi connectivity index (χ0) is 10.4. The lowest BCUT2D eigenvalue weighted by Crippen LogP contribution is -2.19. The minimum absolute atomic E-state index is 0.109. The van der Waals surface area contributed by atoms with Crippen LogP contribution in [0, 0.1) is 0 Å². The number of amides is 1. The van der Waals surface area contributed by atoms with Crippen molar-refractivity contribution in [3.63, 3.8) is 0 Å². The maximum Gasteiger partial charge on any atom is 0.249 e. The van der Waals surface area contributed by atoms with Crippen molar-refractivity contribution >= 4 is 5.91 Å². The summed E-state index contributed by atoms with van der Waals surface area (Å²) in [5.41, 5.74) is 0. The summed E-state index contributed by atoms with van der Waals surface area (Å²) in [5.74, 6) is -0.434. The molecular weight excluding hydrogens is 170 g/mol. The summed E-state index contributed by atoms with van der Waals surface area (Å²) < 4.78 is 4.90. The van der Waals surface area contributed by atoms with Crippen LogP contribution in [0.1, 0.15) is 6.92 Å². The zero-order valence-electron chi connectivity index (χ0n) is 8.20. The van der Waals surface area contributed by atoms with E-state index in [2.05, 4.69) is 6.58 Å². The van der Waals surface area contributed by atoms with E-state index in [0.717, 1.165) is 6.08 Å². The molecule has 0 radical (unpaired) electrons. The molecule has 13 heavy (non-hydrogen) atoms. The lowest BCUT2D eigenvalue weighted by atomic mass is 10.3. The fourth-order valence-electron chi connectivity index (χ4n) is 0.575. The van der Waals surface area contributed by atoms with Crippen molar-refractivity contribution in [2.24, 2.45) is 0 Å². The Hall–Kier alpha value is -1.45. The monoisotopic (exact) mass is 185 g/mol. The predicted molar refractivity (Wildman–Crippen MR) is 50.2 cm³/mol. The smallest absolute Gasteiger partial charge is 0.249 e. The highest BCUT2D eigenvalue weighted by molar-refractivity contribution is 5.88. The van der Waals surface area contributed by atoms with E-state index in [1.807, 2.05) is 0 Å². The van der Waals surface area contributed by atoms with E-state index in [0.29, 0.717) is 6.61 Å². The molecular formula is C9H15NO3. The van der Waals surface area contributed by atoms with E-state index >= 15 is 0 Å². The number of hydrogen-bond donors (Lipinski definition) is 1. The van der Waals surface area contributed by atoms with Crippen LogP contribution < -0.4 is 0 Å². The molecule has 4 heteroatoms. The van der Waals surface area contributed by atoms with Gasteiger partial charge in [-0.2, -0.15) is 0 Å². The Bertz CT molecular complexity index is 231. The summed E-state index contributed by atoms with van der Waals surface area (Å²) in [5, 5.41) is 9.26. The standard InChI is InChI=1S/C9H15NO3/c1-5-13-7(2)8(11)6-9(12)10(3)4/h6,11H,2,5H2,1,3-4H3. The van der Waals surface area contributed by atoms with Gasteiger partial charge in [0.15, 0.2) is 11.5 Å². The van der Waals surface area contributed by atoms with Gasteiger partial charge in [-0.3, -0.25) is 4.79 Å². The molecule has 0 rings (SSSR count). The molecule has 0 atom stereocenters. The molecule has 74 valence electrons. The number of carbonyl (C=O) groups is 1. The quantitative estimate of drug-likeness (QED) is 0.405. The van der Waals surface area contributed by atoms with E-state index in [1.165, 1.54) is 4.90 Å². The number of carbonyl (C=O) groups excluding carboxylic acids is 1. The average molecular weight is 185 g/mol. The fraction of sp³-hybridized carbons (Fsp3) is 0.444. The molecule has 0 aromatic carbocycles. The van der Waals surface area contributed by atoms with E-state index < -0.39 is 0 Å². The van der Waals surface area contributed by atoms with Crippen molar-refractivity contribution in [1.29, 1.82) is 0 Å². The predicted octanol–water partition coefficient (Wildman–Crippen LogP) is 1.07. The van der Waals surface area contributed by atoms with Gasteiger partial charge in [-0.25, -0.2) is 0 Å². The lowest BCUT2D eigenvalue weighted by Gasteiger charge is -2.08. The third kappa shape index (κ3) is 4.20. The third-order valence-corrected chi connectivity index (χ3v) is 1.31. The molecule has 0 aromatic rings. The summed E-state index contributed by atoms with van der Waals surface area (Å²) in [7, 11) is 3.19. The summed E-state index contributed by atoms with van der Waals surface area (Å²) in [6, 6.07) is 0. The molecule has 0 spiro atoms. The first-order chi connectivity index (χ1) is 5.99. The van der Waals surface area contributed by atoms with E-state index in [4.69, 9.17) is 4.74 Å². The Labute approximate surface area is 78.1 Å². The minimum Gasteiger partial charge on any atom is -0.504 e. The van der Waals surface area contributed by atoms with Gasteiger partial charge in [-0.1, -0.05) is 6.58 Å². The lowest BCUT2D eigenvalue weighted by molar-refractivity contribution is -0.123. The number of ether oxygens (including phenoxy) is 1. The largest absolute Gasteiger partial charge is 0.504 e. The maximum absolute atomic E-state index is 11.1. The molecule has 0 heterocycles. The van der Waals surface area contributed by atoms with Gasteiger partial charge in [-0.15, -0.1) is 0 Å². The molecule has 0 aliphatic rings. The van der Waals surface area contributed by atoms with Crippen LogP contribution in [-0.2, 0) is 9.53 Å². The molecule has 0 saturated heterocycles. The molecule has 1 amide bonds. The van der Waals surface area contributed by atoms with Crippen molar-refractivity contribution in [3.05, 3.63) is 24.2 Å². The first kappa shape index (κ1) is 11.6. The number of aliphatic hydroxyl groups excluding tert-OH is 1. The molecule has 0 aromatic heterocycles. The Morgan fingerprint density at radius 2 is 2.15 bits per heavy atom. The first-order valence-electron chi connectivity index (χ1n) is 3.93. The zero-order valence-corrected chi connectivity index (χ0v) is 8.20. The summed E-state index contributed by atoms with van der Waals surface area (Å²) >= 11 is 0. The van der Waals surface area contributed by atoms with Crippen LogP contribution in [0.5, 0.6) is 0 Å². The van der Waals surface area contributed by atoms with Crippen molar-refractivity contribution in [2.75, 3.05) is 20.7 Å². The van der Waals surface area contributed by atoms with Crippen molar-refractivity contribution in [1.82, 2.24) is 4.90 Å². The van der Waals surface area contributed by atoms with Gasteiger partial charge < -0.3 is 14.7 Å². The Morgan fingerprint density at radius 3 is 2.54 bits per heavy atom. The highest BCUT2D eigenvalue weighted by atomic mass is 16.5.